The highest BCUT2D eigenvalue weighted by atomic mass is 16.6. The molecule has 1 heterocycles. The molecule has 0 fully saturated rings. The molecule has 1 aromatic heterocycles. The van der Waals surface area contributed by atoms with E-state index in [1.54, 1.807) is 64.1 Å². The van der Waals surface area contributed by atoms with E-state index in [0.717, 1.165) is 0 Å². The maximum atomic E-state index is 13.4. The van der Waals surface area contributed by atoms with E-state index in [1.165, 1.54) is 12.0 Å². The number of para-hydroxylation sites is 1. The van der Waals surface area contributed by atoms with Gasteiger partial charge in [-0.15, -0.1) is 0 Å². The van der Waals surface area contributed by atoms with Crippen LogP contribution < -0.4 is 20.7 Å². The van der Waals surface area contributed by atoms with Crippen LogP contribution in [0.2, 0.25) is 0 Å². The molecule has 0 bridgehead atoms. The molecule has 8 heteroatoms. The van der Waals surface area contributed by atoms with E-state index in [0.29, 0.717) is 23.7 Å². The summed E-state index contributed by atoms with van der Waals surface area (Å²) in [5, 5.41) is 2.64. The summed E-state index contributed by atoms with van der Waals surface area (Å²) in [6, 6.07) is 11.4. The van der Waals surface area contributed by atoms with Gasteiger partial charge in [-0.05, 0) is 45.4 Å². The van der Waals surface area contributed by atoms with Crippen LogP contribution in [0.15, 0.2) is 42.5 Å². The molecule has 0 spiro atoms. The number of carbonyl (C=O) groups excluding carboxylic acids is 2. The number of benzene rings is 1. The molecular formula is C21H28N4O4. The summed E-state index contributed by atoms with van der Waals surface area (Å²) < 4.78 is 10.5. The van der Waals surface area contributed by atoms with Crippen molar-refractivity contribution in [3.8, 4) is 5.88 Å². The Morgan fingerprint density at radius 2 is 1.83 bits per heavy atom. The minimum atomic E-state index is -0.836. The maximum Gasteiger partial charge on any atom is 0.408 e. The molecule has 8 nitrogen and oxygen atoms in total. The first kappa shape index (κ1) is 22.0. The number of nitrogen functional groups attached to an aromatic ring is 1. The lowest BCUT2D eigenvalue weighted by Gasteiger charge is -2.28. The monoisotopic (exact) mass is 400 g/mol. The van der Waals surface area contributed by atoms with Crippen molar-refractivity contribution >= 4 is 29.2 Å². The number of pyridine rings is 1. The van der Waals surface area contributed by atoms with E-state index in [2.05, 4.69) is 10.3 Å². The van der Waals surface area contributed by atoms with Crippen LogP contribution in [0.3, 0.4) is 0 Å². The van der Waals surface area contributed by atoms with Crippen molar-refractivity contribution in [2.45, 2.75) is 45.8 Å². The van der Waals surface area contributed by atoms with Gasteiger partial charge < -0.3 is 20.5 Å². The molecule has 1 aromatic carbocycles. The predicted molar refractivity (Wildman–Crippen MR) is 112 cm³/mol. The summed E-state index contributed by atoms with van der Waals surface area (Å²) in [6.07, 6.45) is -0.317. The number of hydrogen-bond acceptors (Lipinski definition) is 6. The predicted octanol–water partition coefficient (Wildman–Crippen LogP) is 3.64. The van der Waals surface area contributed by atoms with Gasteiger partial charge in [0.2, 0.25) is 5.88 Å². The van der Waals surface area contributed by atoms with Gasteiger partial charge in [-0.3, -0.25) is 9.69 Å². The van der Waals surface area contributed by atoms with Crippen molar-refractivity contribution in [3.63, 3.8) is 0 Å². The summed E-state index contributed by atoms with van der Waals surface area (Å²) in [5.41, 5.74) is 6.31. The third-order valence-electron chi connectivity index (χ3n) is 3.93. The van der Waals surface area contributed by atoms with Crippen LogP contribution in [0.5, 0.6) is 5.88 Å². The van der Waals surface area contributed by atoms with Gasteiger partial charge in [-0.25, -0.2) is 4.79 Å². The summed E-state index contributed by atoms with van der Waals surface area (Å²) in [6.45, 7) is 7.07. The Morgan fingerprint density at radius 3 is 2.38 bits per heavy atom. The number of nitrogens with two attached hydrogens (primary N) is 1. The number of methoxy groups -OCH3 is 1. The molecule has 2 rings (SSSR count). The van der Waals surface area contributed by atoms with Crippen LogP contribution in [-0.4, -0.2) is 35.7 Å². The number of ether oxygens (including phenoxy) is 2. The van der Waals surface area contributed by atoms with Gasteiger partial charge in [0, 0.05) is 6.07 Å². The third kappa shape index (κ3) is 5.84. The molecule has 1 atom stereocenters. The summed E-state index contributed by atoms with van der Waals surface area (Å²) in [7, 11) is 1.48. The zero-order valence-electron chi connectivity index (χ0n) is 17.4. The number of rotatable bonds is 6. The van der Waals surface area contributed by atoms with E-state index < -0.39 is 23.6 Å². The first-order chi connectivity index (χ1) is 13.7. The second kappa shape index (κ2) is 9.27. The Hall–Kier alpha value is -3.29. The van der Waals surface area contributed by atoms with Crippen LogP contribution >= 0.6 is 0 Å². The Balaban J connectivity index is 2.43. The van der Waals surface area contributed by atoms with Crippen LogP contribution in [0.25, 0.3) is 0 Å². The average Bonchev–Trinajstić information content (AvgIpc) is 2.67. The lowest BCUT2D eigenvalue weighted by Crippen LogP contribution is -2.48. The van der Waals surface area contributed by atoms with Gasteiger partial charge in [0.15, 0.2) is 5.82 Å². The van der Waals surface area contributed by atoms with Gasteiger partial charge in [0.25, 0.3) is 5.91 Å². The minimum absolute atomic E-state index is 0.227. The standard InChI is InChI=1S/C21H28N4O4/c1-6-16(23-20(27)29-21(2,3)4)19(26)25(14-10-8-7-9-11-14)18-15(22)12-13-17(24-18)28-5/h7-13,16H,6,22H2,1-5H3,(H,23,27). The molecule has 2 aromatic rings. The largest absolute Gasteiger partial charge is 0.481 e. The number of nitrogens with one attached hydrogen (secondary N) is 1. The average molecular weight is 400 g/mol. The van der Waals surface area contributed by atoms with Crippen molar-refractivity contribution in [2.75, 3.05) is 17.7 Å². The quantitative estimate of drug-likeness (QED) is 0.767. The van der Waals surface area contributed by atoms with E-state index >= 15 is 0 Å². The molecule has 3 N–H and O–H groups in total. The zero-order valence-corrected chi connectivity index (χ0v) is 17.4. The number of alkyl carbamates (subject to hydrolysis) is 1. The molecule has 0 radical (unpaired) electrons. The molecule has 0 saturated heterocycles. The van der Waals surface area contributed by atoms with Crippen LogP contribution in [-0.2, 0) is 9.53 Å². The molecule has 0 aliphatic heterocycles. The molecule has 0 saturated carbocycles. The van der Waals surface area contributed by atoms with Gasteiger partial charge in [-0.1, -0.05) is 25.1 Å². The molecule has 2 amide bonds. The molecule has 29 heavy (non-hydrogen) atoms. The SMILES string of the molecule is CCC(NC(=O)OC(C)(C)C)C(=O)N(c1ccccc1)c1nc(OC)ccc1N. The normalized spacial score (nSPS) is 12.0. The lowest BCUT2D eigenvalue weighted by atomic mass is 10.1. The number of amides is 2. The van der Waals surface area contributed by atoms with Gasteiger partial charge in [0.05, 0.1) is 18.5 Å². The highest BCUT2D eigenvalue weighted by molar-refractivity contribution is 6.05. The Bertz CT molecular complexity index is 850. The number of nitrogens with zero attached hydrogens (tertiary/aromatic N) is 2. The van der Waals surface area contributed by atoms with Crippen molar-refractivity contribution in [1.82, 2.24) is 10.3 Å². The first-order valence-corrected chi connectivity index (χ1v) is 9.35. The van der Waals surface area contributed by atoms with E-state index in [1.807, 2.05) is 6.07 Å². The van der Waals surface area contributed by atoms with Crippen molar-refractivity contribution in [1.29, 1.82) is 0 Å². The Kier molecular flexibility index (Phi) is 7.03. The van der Waals surface area contributed by atoms with Crippen molar-refractivity contribution in [2.24, 2.45) is 0 Å². The van der Waals surface area contributed by atoms with E-state index in [4.69, 9.17) is 15.2 Å². The Morgan fingerprint density at radius 1 is 1.17 bits per heavy atom. The van der Waals surface area contributed by atoms with Gasteiger partial charge in [0.1, 0.15) is 11.6 Å². The van der Waals surface area contributed by atoms with Crippen LogP contribution in [0.1, 0.15) is 34.1 Å². The molecule has 0 aliphatic rings. The van der Waals surface area contributed by atoms with Crippen molar-refractivity contribution in [3.05, 3.63) is 42.5 Å². The smallest absolute Gasteiger partial charge is 0.408 e. The molecule has 156 valence electrons. The fourth-order valence-electron chi connectivity index (χ4n) is 2.61. The van der Waals surface area contributed by atoms with E-state index in [9.17, 15) is 9.59 Å². The first-order valence-electron chi connectivity index (χ1n) is 9.35. The Labute approximate surface area is 171 Å². The topological polar surface area (TPSA) is 107 Å². The van der Waals surface area contributed by atoms with Crippen molar-refractivity contribution < 1.29 is 19.1 Å². The van der Waals surface area contributed by atoms with Crippen LogP contribution in [0, 0.1) is 0 Å². The molecule has 0 aliphatic carbocycles. The fourth-order valence-corrected chi connectivity index (χ4v) is 2.61. The molecule has 1 unspecified atom stereocenters. The minimum Gasteiger partial charge on any atom is -0.481 e. The second-order valence-corrected chi connectivity index (χ2v) is 7.38. The number of aromatic nitrogens is 1. The second-order valence-electron chi connectivity index (χ2n) is 7.38. The zero-order chi connectivity index (χ0) is 21.6. The van der Waals surface area contributed by atoms with Crippen LogP contribution in [0.4, 0.5) is 22.0 Å². The maximum absolute atomic E-state index is 13.4. The van der Waals surface area contributed by atoms with E-state index in [-0.39, 0.29) is 5.82 Å². The fraction of sp³-hybridized carbons (Fsp3) is 0.381. The summed E-state index contributed by atoms with van der Waals surface area (Å²) in [5.74, 6) is 0.151. The number of carbonyl (C=O) groups is 2. The highest BCUT2D eigenvalue weighted by Gasteiger charge is 2.30. The number of anilines is 3. The summed E-state index contributed by atoms with van der Waals surface area (Å²) >= 11 is 0. The number of hydrogen-bond donors (Lipinski definition) is 2. The summed E-state index contributed by atoms with van der Waals surface area (Å²) in [4.78, 5) is 31.4. The third-order valence-corrected chi connectivity index (χ3v) is 3.93. The highest BCUT2D eigenvalue weighted by Crippen LogP contribution is 2.31. The van der Waals surface area contributed by atoms with Gasteiger partial charge in [-0.2, -0.15) is 4.98 Å². The molecular weight excluding hydrogens is 372 g/mol. The lowest BCUT2D eigenvalue weighted by molar-refractivity contribution is -0.120. The van der Waals surface area contributed by atoms with Gasteiger partial charge >= 0.3 is 6.09 Å².